The van der Waals surface area contributed by atoms with E-state index in [2.05, 4.69) is 50.5 Å². The zero-order chi connectivity index (χ0) is 18.5. The first-order valence-corrected chi connectivity index (χ1v) is 10.3. The van der Waals surface area contributed by atoms with Gasteiger partial charge in [0.05, 0.1) is 11.6 Å². The van der Waals surface area contributed by atoms with Crippen molar-refractivity contribution >= 4 is 23.1 Å². The lowest BCUT2D eigenvalue weighted by Crippen LogP contribution is -2.03. The van der Waals surface area contributed by atoms with Crippen LogP contribution in [0.25, 0.3) is 5.69 Å². The first-order chi connectivity index (χ1) is 13.3. The molecule has 4 nitrogen and oxygen atoms in total. The Hall–Kier alpha value is -2.88. The highest BCUT2D eigenvalue weighted by Gasteiger charge is 2.15. The third-order valence-corrected chi connectivity index (χ3v) is 5.93. The van der Waals surface area contributed by atoms with Gasteiger partial charge in [0.15, 0.2) is 5.16 Å². The van der Waals surface area contributed by atoms with E-state index in [0.717, 1.165) is 34.4 Å². The van der Waals surface area contributed by atoms with Crippen LogP contribution < -0.4 is 0 Å². The van der Waals surface area contributed by atoms with E-state index in [4.69, 9.17) is 5.26 Å². The van der Waals surface area contributed by atoms with Gasteiger partial charge in [0.1, 0.15) is 5.82 Å². The van der Waals surface area contributed by atoms with Crippen molar-refractivity contribution in [2.75, 3.05) is 0 Å². The first-order valence-electron chi connectivity index (χ1n) is 8.47. The maximum Gasteiger partial charge on any atom is 0.196 e. The number of thioether (sulfide) groups is 1. The van der Waals surface area contributed by atoms with E-state index in [-0.39, 0.29) is 0 Å². The van der Waals surface area contributed by atoms with Gasteiger partial charge < -0.3 is 0 Å². The van der Waals surface area contributed by atoms with Crippen LogP contribution in [0.15, 0.2) is 77.3 Å². The summed E-state index contributed by atoms with van der Waals surface area (Å²) in [4.78, 5) is 1.26. The van der Waals surface area contributed by atoms with E-state index in [1.54, 1.807) is 23.1 Å². The summed E-state index contributed by atoms with van der Waals surface area (Å²) < 4.78 is 2.12. The Bertz CT molecular complexity index is 1060. The van der Waals surface area contributed by atoms with Crippen molar-refractivity contribution < 1.29 is 0 Å². The Balaban J connectivity index is 1.63. The molecule has 0 spiro atoms. The van der Waals surface area contributed by atoms with E-state index < -0.39 is 0 Å². The van der Waals surface area contributed by atoms with Crippen LogP contribution in [0.1, 0.15) is 21.8 Å². The predicted molar refractivity (Wildman–Crippen MR) is 109 cm³/mol. The third-order valence-electron chi connectivity index (χ3n) is 4.05. The van der Waals surface area contributed by atoms with Crippen molar-refractivity contribution in [2.24, 2.45) is 0 Å². The fourth-order valence-corrected chi connectivity index (χ4v) is 4.41. The molecule has 4 aromatic rings. The number of para-hydroxylation sites is 1. The highest BCUT2D eigenvalue weighted by atomic mass is 32.2. The molecule has 2 aromatic heterocycles. The molecule has 0 bridgehead atoms. The molecule has 0 atom stereocenters. The molecule has 0 N–H and O–H groups in total. The van der Waals surface area contributed by atoms with Gasteiger partial charge >= 0.3 is 0 Å². The van der Waals surface area contributed by atoms with Gasteiger partial charge in [-0.1, -0.05) is 48.2 Å². The van der Waals surface area contributed by atoms with Crippen LogP contribution in [0, 0.1) is 11.3 Å². The fraction of sp³-hybridized carbons (Fsp3) is 0.0952. The standard InChI is InChI=1S/C21H16N4S2/c22-14-16-6-4-7-17(12-16)15-27-21-24-23-20(13-19-10-5-11-26-19)25(21)18-8-2-1-3-9-18/h1-12H,13,15H2. The maximum absolute atomic E-state index is 9.08. The number of hydrogen-bond donors (Lipinski definition) is 0. The van der Waals surface area contributed by atoms with E-state index in [1.165, 1.54) is 4.88 Å². The average Bonchev–Trinajstić information content (AvgIpc) is 3.37. The van der Waals surface area contributed by atoms with Crippen molar-refractivity contribution in [3.05, 3.63) is 93.9 Å². The monoisotopic (exact) mass is 388 g/mol. The molecule has 2 heterocycles. The molecular weight excluding hydrogens is 372 g/mol. The molecule has 0 unspecified atom stereocenters. The number of thiophene rings is 1. The second-order valence-electron chi connectivity index (χ2n) is 5.93. The average molecular weight is 389 g/mol. The third kappa shape index (κ3) is 4.11. The van der Waals surface area contributed by atoms with Gasteiger partial charge in [-0.15, -0.1) is 21.5 Å². The summed E-state index contributed by atoms with van der Waals surface area (Å²) in [6.07, 6.45) is 0.754. The second kappa shape index (κ2) is 8.21. The van der Waals surface area contributed by atoms with Gasteiger partial charge in [-0.05, 0) is 41.3 Å². The number of aromatic nitrogens is 3. The van der Waals surface area contributed by atoms with Crippen molar-refractivity contribution in [1.82, 2.24) is 14.8 Å². The summed E-state index contributed by atoms with van der Waals surface area (Å²) in [5.41, 5.74) is 2.83. The minimum atomic E-state index is 0.677. The van der Waals surface area contributed by atoms with Gasteiger partial charge in [0.25, 0.3) is 0 Å². The smallest absolute Gasteiger partial charge is 0.196 e. The van der Waals surface area contributed by atoms with Crippen LogP contribution in [0.3, 0.4) is 0 Å². The molecule has 0 aliphatic rings. The first kappa shape index (κ1) is 17.5. The number of nitrogens with zero attached hydrogens (tertiary/aromatic N) is 4. The van der Waals surface area contributed by atoms with Crippen molar-refractivity contribution in [1.29, 1.82) is 5.26 Å². The summed E-state index contributed by atoms with van der Waals surface area (Å²) in [6.45, 7) is 0. The normalized spacial score (nSPS) is 10.6. The highest BCUT2D eigenvalue weighted by molar-refractivity contribution is 7.98. The highest BCUT2D eigenvalue weighted by Crippen LogP contribution is 2.27. The number of benzene rings is 2. The van der Waals surface area contributed by atoms with Gasteiger partial charge in [0.2, 0.25) is 0 Å². The minimum Gasteiger partial charge on any atom is -0.274 e. The lowest BCUT2D eigenvalue weighted by Gasteiger charge is -2.10. The molecule has 0 saturated carbocycles. The summed E-state index contributed by atoms with van der Waals surface area (Å²) in [5, 5.41) is 20.9. The van der Waals surface area contributed by atoms with E-state index in [9.17, 15) is 0 Å². The Morgan fingerprint density at radius 2 is 1.89 bits per heavy atom. The summed E-state index contributed by atoms with van der Waals surface area (Å²) in [6, 6.07) is 24.2. The zero-order valence-electron chi connectivity index (χ0n) is 14.4. The molecule has 0 fully saturated rings. The zero-order valence-corrected chi connectivity index (χ0v) is 16.1. The number of rotatable bonds is 6. The van der Waals surface area contributed by atoms with Gasteiger partial charge in [-0.2, -0.15) is 5.26 Å². The molecule has 132 valence electrons. The Labute approximate surface area is 166 Å². The lowest BCUT2D eigenvalue weighted by atomic mass is 10.2. The van der Waals surface area contributed by atoms with Crippen LogP contribution >= 0.6 is 23.1 Å². The fourth-order valence-electron chi connectivity index (χ4n) is 2.79. The number of nitriles is 1. The summed E-state index contributed by atoms with van der Waals surface area (Å²) >= 11 is 3.36. The molecule has 0 radical (unpaired) electrons. The van der Waals surface area contributed by atoms with Crippen LogP contribution in [-0.4, -0.2) is 14.8 Å². The second-order valence-corrected chi connectivity index (χ2v) is 7.90. The van der Waals surface area contributed by atoms with Crippen LogP contribution in [0.5, 0.6) is 0 Å². The van der Waals surface area contributed by atoms with Crippen molar-refractivity contribution in [2.45, 2.75) is 17.3 Å². The number of hydrogen-bond acceptors (Lipinski definition) is 5. The minimum absolute atomic E-state index is 0.677. The predicted octanol–water partition coefficient (Wildman–Crippen LogP) is 5.08. The van der Waals surface area contributed by atoms with E-state index in [0.29, 0.717) is 5.56 Å². The molecule has 2 aromatic carbocycles. The molecule has 27 heavy (non-hydrogen) atoms. The Kier molecular flexibility index (Phi) is 5.33. The molecule has 6 heteroatoms. The topological polar surface area (TPSA) is 54.5 Å². The quantitative estimate of drug-likeness (QED) is 0.432. The Morgan fingerprint density at radius 3 is 2.67 bits per heavy atom. The largest absolute Gasteiger partial charge is 0.274 e. The Morgan fingerprint density at radius 1 is 1.00 bits per heavy atom. The van der Waals surface area contributed by atoms with Crippen LogP contribution in [0.2, 0.25) is 0 Å². The molecule has 4 rings (SSSR count). The molecule has 0 amide bonds. The van der Waals surface area contributed by atoms with E-state index in [1.807, 2.05) is 42.5 Å². The SMILES string of the molecule is N#Cc1cccc(CSc2nnc(Cc3cccs3)n2-c2ccccc2)c1. The molecule has 0 saturated heterocycles. The molecule has 0 aliphatic carbocycles. The maximum atomic E-state index is 9.08. The van der Waals surface area contributed by atoms with Gasteiger partial charge in [-0.3, -0.25) is 4.57 Å². The van der Waals surface area contributed by atoms with Crippen molar-refractivity contribution in [3.63, 3.8) is 0 Å². The summed E-state index contributed by atoms with van der Waals surface area (Å²) in [5.74, 6) is 1.66. The van der Waals surface area contributed by atoms with Gasteiger partial charge in [-0.25, -0.2) is 0 Å². The van der Waals surface area contributed by atoms with Crippen molar-refractivity contribution in [3.8, 4) is 11.8 Å². The molecular formula is C21H16N4S2. The summed E-state index contributed by atoms with van der Waals surface area (Å²) in [7, 11) is 0. The van der Waals surface area contributed by atoms with E-state index >= 15 is 0 Å². The van der Waals surface area contributed by atoms with Gasteiger partial charge in [0, 0.05) is 22.7 Å². The lowest BCUT2D eigenvalue weighted by molar-refractivity contribution is 0.851. The molecule has 0 aliphatic heterocycles. The van der Waals surface area contributed by atoms with Crippen LogP contribution in [-0.2, 0) is 12.2 Å². The van der Waals surface area contributed by atoms with Crippen LogP contribution in [0.4, 0.5) is 0 Å².